The van der Waals surface area contributed by atoms with Crippen LogP contribution in [0.15, 0.2) is 28.7 Å². The van der Waals surface area contributed by atoms with E-state index in [0.29, 0.717) is 0 Å². The molecule has 0 aliphatic carbocycles. The number of ether oxygens (including phenoxy) is 3. The van der Waals surface area contributed by atoms with Crippen molar-refractivity contribution in [2.24, 2.45) is 5.73 Å². The number of benzene rings is 1. The summed E-state index contributed by atoms with van der Waals surface area (Å²) in [5.41, 5.74) is 4.84. The van der Waals surface area contributed by atoms with Crippen molar-refractivity contribution in [1.29, 1.82) is 0 Å². The molecule has 1 aromatic carbocycles. The zero-order valence-corrected chi connectivity index (χ0v) is 20.3. The van der Waals surface area contributed by atoms with Crippen molar-refractivity contribution < 1.29 is 41.4 Å². The van der Waals surface area contributed by atoms with Crippen LogP contribution < -0.4 is 10.5 Å². The molecule has 10 nitrogen and oxygen atoms in total. The number of amides is 1. The Labute approximate surface area is 209 Å². The molecule has 0 saturated carbocycles. The first-order valence-corrected chi connectivity index (χ1v) is 11.4. The van der Waals surface area contributed by atoms with Gasteiger partial charge in [0.2, 0.25) is 5.89 Å². The van der Waals surface area contributed by atoms with E-state index in [-0.39, 0.29) is 71.8 Å². The van der Waals surface area contributed by atoms with E-state index in [0.717, 1.165) is 6.07 Å². The molecule has 37 heavy (non-hydrogen) atoms. The van der Waals surface area contributed by atoms with Gasteiger partial charge in [-0.05, 0) is 31.2 Å². The summed E-state index contributed by atoms with van der Waals surface area (Å²) >= 11 is 0. The molecule has 1 aliphatic rings. The predicted molar refractivity (Wildman–Crippen MR) is 124 cm³/mol. The number of hydrogen-bond donors (Lipinski definition) is 1. The topological polar surface area (TPSA) is 130 Å². The van der Waals surface area contributed by atoms with Crippen LogP contribution in [0.25, 0.3) is 22.4 Å². The Morgan fingerprint density at radius 1 is 1.19 bits per heavy atom. The van der Waals surface area contributed by atoms with E-state index in [4.69, 9.17) is 24.4 Å². The molecule has 1 saturated heterocycles. The van der Waals surface area contributed by atoms with Gasteiger partial charge in [-0.1, -0.05) is 0 Å². The number of likely N-dealkylation sites (tertiary alicyclic amines) is 1. The van der Waals surface area contributed by atoms with Gasteiger partial charge < -0.3 is 29.3 Å². The Kier molecular flexibility index (Phi) is 7.37. The van der Waals surface area contributed by atoms with Gasteiger partial charge in [-0.15, -0.1) is 0 Å². The lowest BCUT2D eigenvalue weighted by atomic mass is 10.1. The van der Waals surface area contributed by atoms with Gasteiger partial charge in [-0.2, -0.15) is 13.2 Å². The van der Waals surface area contributed by atoms with Gasteiger partial charge in [0.1, 0.15) is 23.0 Å². The molecule has 0 unspecified atom stereocenters. The van der Waals surface area contributed by atoms with E-state index in [1.54, 1.807) is 6.92 Å². The lowest BCUT2D eigenvalue weighted by molar-refractivity contribution is -0.147. The second-order valence-electron chi connectivity index (χ2n) is 8.22. The Balaban J connectivity index is 1.77. The second kappa shape index (κ2) is 10.3. The summed E-state index contributed by atoms with van der Waals surface area (Å²) in [6.45, 7) is 1.74. The van der Waals surface area contributed by atoms with Crippen molar-refractivity contribution in [2.45, 2.75) is 38.2 Å². The summed E-state index contributed by atoms with van der Waals surface area (Å²) in [6, 6.07) is 4.16. The van der Waals surface area contributed by atoms with Gasteiger partial charge in [0.25, 0.3) is 5.91 Å². The fourth-order valence-electron chi connectivity index (χ4n) is 4.26. The highest BCUT2D eigenvalue weighted by atomic mass is 19.4. The van der Waals surface area contributed by atoms with Gasteiger partial charge in [-0.3, -0.25) is 4.79 Å². The number of hydrogen-bond acceptors (Lipinski definition) is 9. The number of pyridine rings is 1. The average Bonchev–Trinajstić information content (AvgIpc) is 3.51. The molecule has 198 valence electrons. The van der Waals surface area contributed by atoms with Crippen molar-refractivity contribution in [3.8, 4) is 17.2 Å². The molecule has 13 heteroatoms. The molecule has 3 aromatic rings. The van der Waals surface area contributed by atoms with E-state index in [2.05, 4.69) is 9.97 Å². The second-order valence-corrected chi connectivity index (χ2v) is 8.22. The van der Waals surface area contributed by atoms with Crippen molar-refractivity contribution in [2.75, 3.05) is 27.4 Å². The fraction of sp³-hybridized carbons (Fsp3) is 0.417. The van der Waals surface area contributed by atoms with E-state index in [9.17, 15) is 22.8 Å². The number of esters is 1. The highest BCUT2D eigenvalue weighted by Crippen LogP contribution is 2.37. The summed E-state index contributed by atoms with van der Waals surface area (Å²) in [6.07, 6.45) is -4.79. The molecular formula is C24H25F3N4O6. The monoisotopic (exact) mass is 522 g/mol. The van der Waals surface area contributed by atoms with E-state index < -0.39 is 29.8 Å². The third-order valence-electron chi connectivity index (χ3n) is 6.06. The highest BCUT2D eigenvalue weighted by Gasteiger charge is 2.42. The van der Waals surface area contributed by atoms with Crippen LogP contribution in [0.3, 0.4) is 0 Å². The summed E-state index contributed by atoms with van der Waals surface area (Å²) in [5.74, 6) is -1.06. The molecule has 0 bridgehead atoms. The highest BCUT2D eigenvalue weighted by molar-refractivity contribution is 5.99. The first-order valence-electron chi connectivity index (χ1n) is 11.4. The predicted octanol–water partition coefficient (Wildman–Crippen LogP) is 3.17. The van der Waals surface area contributed by atoms with Gasteiger partial charge in [0.15, 0.2) is 11.5 Å². The number of alkyl halides is 3. The smallest absolute Gasteiger partial charge is 0.433 e. The lowest BCUT2D eigenvalue weighted by Gasteiger charge is -2.22. The standard InChI is InChI=1S/C24H25F3N4O6/c1-4-36-23(33)15-9-12(34-2)11-31(15)22(32)20-17(10-28)37-21(30-20)14-5-7-16(35-3)19-13(14)6-8-18(29-19)24(25,26)27/h5-8,12,15H,4,9-11,28H2,1-3H3/t12-,15+/m1/s1. The van der Waals surface area contributed by atoms with E-state index in [1.807, 2.05) is 0 Å². The third-order valence-corrected chi connectivity index (χ3v) is 6.06. The molecular weight excluding hydrogens is 497 g/mol. The van der Waals surface area contributed by atoms with E-state index >= 15 is 0 Å². The fourth-order valence-corrected chi connectivity index (χ4v) is 4.26. The molecule has 3 heterocycles. The number of nitrogens with two attached hydrogens (primary N) is 1. The molecule has 1 amide bonds. The first kappa shape index (κ1) is 26.4. The Morgan fingerprint density at radius 2 is 1.95 bits per heavy atom. The third kappa shape index (κ3) is 4.96. The van der Waals surface area contributed by atoms with Crippen LogP contribution in [-0.2, 0) is 27.0 Å². The maximum Gasteiger partial charge on any atom is 0.433 e. The molecule has 2 atom stereocenters. The van der Waals surface area contributed by atoms with Gasteiger partial charge in [-0.25, -0.2) is 14.8 Å². The van der Waals surface area contributed by atoms with Crippen molar-refractivity contribution in [1.82, 2.24) is 14.9 Å². The Bertz CT molecular complexity index is 1330. The van der Waals surface area contributed by atoms with Crippen LogP contribution in [0.5, 0.6) is 5.75 Å². The van der Waals surface area contributed by atoms with Gasteiger partial charge >= 0.3 is 12.1 Å². The largest absolute Gasteiger partial charge is 0.494 e. The van der Waals surface area contributed by atoms with Crippen LogP contribution in [0, 0.1) is 0 Å². The molecule has 1 aliphatic heterocycles. The van der Waals surface area contributed by atoms with Gasteiger partial charge in [0.05, 0.1) is 26.4 Å². The zero-order valence-electron chi connectivity index (χ0n) is 20.3. The Morgan fingerprint density at radius 3 is 2.57 bits per heavy atom. The number of nitrogens with zero attached hydrogens (tertiary/aromatic N) is 3. The minimum Gasteiger partial charge on any atom is -0.494 e. The van der Waals surface area contributed by atoms with Crippen molar-refractivity contribution >= 4 is 22.8 Å². The molecule has 2 aromatic heterocycles. The average molecular weight is 522 g/mol. The maximum absolute atomic E-state index is 13.5. The minimum absolute atomic E-state index is 0.0480. The summed E-state index contributed by atoms with van der Waals surface area (Å²) < 4.78 is 61.3. The molecule has 0 radical (unpaired) electrons. The number of fused-ring (bicyclic) bond motifs is 1. The number of halogens is 3. The number of carbonyl (C=O) groups excluding carboxylic acids is 2. The number of oxazole rings is 1. The summed E-state index contributed by atoms with van der Waals surface area (Å²) in [4.78, 5) is 35.4. The number of rotatable bonds is 7. The number of aromatic nitrogens is 2. The minimum atomic E-state index is -4.66. The van der Waals surface area contributed by atoms with Crippen LogP contribution >= 0.6 is 0 Å². The molecule has 2 N–H and O–H groups in total. The van der Waals surface area contributed by atoms with Crippen LogP contribution in [-0.4, -0.2) is 66.3 Å². The SMILES string of the molecule is CCOC(=O)[C@@H]1C[C@@H](OC)CN1C(=O)c1nc(-c2ccc(OC)c3nc(C(F)(F)F)ccc23)oc1CN. The Hall–Kier alpha value is -3.71. The van der Waals surface area contributed by atoms with Crippen LogP contribution in [0.2, 0.25) is 0 Å². The van der Waals surface area contributed by atoms with Crippen LogP contribution in [0.1, 0.15) is 35.3 Å². The first-order chi connectivity index (χ1) is 17.6. The number of carbonyl (C=O) groups is 2. The quantitative estimate of drug-likeness (QED) is 0.465. The molecule has 1 fully saturated rings. The van der Waals surface area contributed by atoms with Crippen LogP contribution in [0.4, 0.5) is 13.2 Å². The van der Waals surface area contributed by atoms with Gasteiger partial charge in [0, 0.05) is 31.0 Å². The van der Waals surface area contributed by atoms with Crippen molar-refractivity contribution in [3.63, 3.8) is 0 Å². The van der Waals surface area contributed by atoms with Crippen molar-refractivity contribution in [3.05, 3.63) is 41.4 Å². The normalized spacial score (nSPS) is 17.9. The molecule has 0 spiro atoms. The summed E-state index contributed by atoms with van der Waals surface area (Å²) in [5, 5.41) is 0.265. The molecule has 4 rings (SSSR count). The zero-order chi connectivity index (χ0) is 26.9. The van der Waals surface area contributed by atoms with E-state index in [1.165, 1.54) is 37.3 Å². The lowest BCUT2D eigenvalue weighted by Crippen LogP contribution is -2.42. The maximum atomic E-state index is 13.5. The number of methoxy groups -OCH3 is 2. The summed E-state index contributed by atoms with van der Waals surface area (Å²) in [7, 11) is 2.79.